The minimum atomic E-state index is -3.18. The van der Waals surface area contributed by atoms with Crippen molar-refractivity contribution >= 4 is 31.7 Å². The fraction of sp³-hybridized carbons (Fsp3) is 0.417. The predicted octanol–water partition coefficient (Wildman–Crippen LogP) is 2.05. The van der Waals surface area contributed by atoms with Crippen LogP contribution in [0.15, 0.2) is 29.2 Å². The molecule has 0 bridgehead atoms. The highest BCUT2D eigenvalue weighted by Gasteiger charge is 2.14. The fourth-order valence-corrected chi connectivity index (χ4v) is 2.18. The molecule has 0 aliphatic rings. The molecule has 100 valence electrons. The Kier molecular flexibility index (Phi) is 4.92. The molecule has 6 heteroatoms. The van der Waals surface area contributed by atoms with E-state index in [4.69, 9.17) is 0 Å². The van der Waals surface area contributed by atoms with Crippen molar-refractivity contribution in [2.45, 2.75) is 29.6 Å². The predicted molar refractivity (Wildman–Crippen MR) is 74.5 cm³/mol. The molecule has 4 nitrogen and oxygen atoms in total. The van der Waals surface area contributed by atoms with Crippen LogP contribution in [0.3, 0.4) is 0 Å². The van der Waals surface area contributed by atoms with Gasteiger partial charge in [-0.05, 0) is 31.5 Å². The first kappa shape index (κ1) is 15.2. The van der Waals surface area contributed by atoms with E-state index in [0.717, 1.165) is 5.56 Å². The standard InChI is InChI=1S/C12H16BrNO3S/c1-8(13)12(15)14-9(2)10-4-6-11(7-5-10)18(3,16)17/h4-9H,1-3H3,(H,14,15). The van der Waals surface area contributed by atoms with Crippen molar-refractivity contribution in [2.75, 3.05) is 6.26 Å². The Labute approximate surface area is 116 Å². The molecule has 0 spiro atoms. The second-order valence-electron chi connectivity index (χ2n) is 4.19. The number of hydrogen-bond acceptors (Lipinski definition) is 3. The number of alkyl halides is 1. The third kappa shape index (κ3) is 4.10. The quantitative estimate of drug-likeness (QED) is 0.857. The summed E-state index contributed by atoms with van der Waals surface area (Å²) in [6.45, 7) is 3.59. The highest BCUT2D eigenvalue weighted by Crippen LogP contribution is 2.16. The van der Waals surface area contributed by atoms with Gasteiger partial charge in [-0.15, -0.1) is 0 Å². The Morgan fingerprint density at radius 2 is 1.72 bits per heavy atom. The van der Waals surface area contributed by atoms with Crippen molar-refractivity contribution in [1.29, 1.82) is 0 Å². The molecule has 0 radical (unpaired) electrons. The second-order valence-corrected chi connectivity index (χ2v) is 7.58. The summed E-state index contributed by atoms with van der Waals surface area (Å²) in [5.41, 5.74) is 0.865. The lowest BCUT2D eigenvalue weighted by Gasteiger charge is -2.15. The Morgan fingerprint density at radius 1 is 1.22 bits per heavy atom. The molecule has 0 aliphatic carbocycles. The molecule has 0 aliphatic heterocycles. The molecule has 0 fully saturated rings. The van der Waals surface area contributed by atoms with Crippen LogP contribution < -0.4 is 5.32 Å². The van der Waals surface area contributed by atoms with Crippen molar-refractivity contribution in [1.82, 2.24) is 5.32 Å². The summed E-state index contributed by atoms with van der Waals surface area (Å²) < 4.78 is 22.6. The molecule has 0 aromatic heterocycles. The lowest BCUT2D eigenvalue weighted by molar-refractivity contribution is -0.120. The number of rotatable bonds is 4. The van der Waals surface area contributed by atoms with Gasteiger partial charge < -0.3 is 5.32 Å². The van der Waals surface area contributed by atoms with Crippen molar-refractivity contribution in [2.24, 2.45) is 0 Å². The smallest absolute Gasteiger partial charge is 0.233 e. The first-order chi connectivity index (χ1) is 8.21. The van der Waals surface area contributed by atoms with Gasteiger partial charge in [0, 0.05) is 6.26 Å². The van der Waals surface area contributed by atoms with E-state index >= 15 is 0 Å². The van der Waals surface area contributed by atoms with Gasteiger partial charge in [0.25, 0.3) is 0 Å². The van der Waals surface area contributed by atoms with E-state index in [1.54, 1.807) is 31.2 Å². The van der Waals surface area contributed by atoms with Crippen molar-refractivity contribution in [3.63, 3.8) is 0 Å². The summed E-state index contributed by atoms with van der Waals surface area (Å²) in [7, 11) is -3.18. The Bertz CT molecular complexity index is 523. The van der Waals surface area contributed by atoms with E-state index in [9.17, 15) is 13.2 Å². The average Bonchev–Trinajstić information content (AvgIpc) is 2.27. The van der Waals surface area contributed by atoms with Gasteiger partial charge >= 0.3 is 0 Å². The van der Waals surface area contributed by atoms with E-state index in [2.05, 4.69) is 21.2 Å². The average molecular weight is 334 g/mol. The first-order valence-corrected chi connectivity index (χ1v) is 8.27. The number of halogens is 1. The van der Waals surface area contributed by atoms with Crippen LogP contribution in [0, 0.1) is 0 Å². The lowest BCUT2D eigenvalue weighted by atomic mass is 10.1. The highest BCUT2D eigenvalue weighted by atomic mass is 79.9. The third-order valence-corrected chi connectivity index (χ3v) is 4.07. The zero-order valence-corrected chi connectivity index (χ0v) is 12.9. The fourth-order valence-electron chi connectivity index (χ4n) is 1.42. The molecule has 2 atom stereocenters. The van der Waals surface area contributed by atoms with Gasteiger partial charge in [-0.1, -0.05) is 28.1 Å². The van der Waals surface area contributed by atoms with E-state index in [1.807, 2.05) is 6.92 Å². The Hall–Kier alpha value is -0.880. The summed E-state index contributed by atoms with van der Waals surface area (Å²) in [6.07, 6.45) is 1.17. The molecule has 0 saturated heterocycles. The lowest BCUT2D eigenvalue weighted by Crippen LogP contribution is -2.31. The SMILES string of the molecule is CC(Br)C(=O)NC(C)c1ccc(S(C)(=O)=O)cc1. The maximum atomic E-state index is 11.5. The molecule has 1 aromatic carbocycles. The number of benzene rings is 1. The molecular weight excluding hydrogens is 318 g/mol. The normalized spacial score (nSPS) is 14.9. The van der Waals surface area contributed by atoms with Crippen LogP contribution >= 0.6 is 15.9 Å². The van der Waals surface area contributed by atoms with Crippen LogP contribution in [0.5, 0.6) is 0 Å². The molecule has 18 heavy (non-hydrogen) atoms. The van der Waals surface area contributed by atoms with Gasteiger partial charge in [0.05, 0.1) is 15.8 Å². The van der Waals surface area contributed by atoms with Gasteiger partial charge in [0.2, 0.25) is 5.91 Å². The minimum Gasteiger partial charge on any atom is -0.349 e. The van der Waals surface area contributed by atoms with Crippen LogP contribution in [0.25, 0.3) is 0 Å². The number of hydrogen-bond donors (Lipinski definition) is 1. The number of carbonyl (C=O) groups is 1. The van der Waals surface area contributed by atoms with Gasteiger partial charge in [0.15, 0.2) is 9.84 Å². The summed E-state index contributed by atoms with van der Waals surface area (Å²) in [5, 5.41) is 2.82. The largest absolute Gasteiger partial charge is 0.349 e. The summed E-state index contributed by atoms with van der Waals surface area (Å²) >= 11 is 3.19. The molecular formula is C12H16BrNO3S. The van der Waals surface area contributed by atoms with Crippen LogP contribution in [0.4, 0.5) is 0 Å². The molecule has 1 amide bonds. The van der Waals surface area contributed by atoms with Gasteiger partial charge in [-0.3, -0.25) is 4.79 Å². The molecule has 0 heterocycles. The molecule has 1 aromatic rings. The number of nitrogens with one attached hydrogen (secondary N) is 1. The van der Waals surface area contributed by atoms with Gasteiger partial charge in [-0.2, -0.15) is 0 Å². The first-order valence-electron chi connectivity index (χ1n) is 5.46. The maximum Gasteiger partial charge on any atom is 0.233 e. The van der Waals surface area contributed by atoms with Crippen LogP contribution in [0.2, 0.25) is 0 Å². The number of amides is 1. The van der Waals surface area contributed by atoms with Gasteiger partial charge in [0.1, 0.15) is 0 Å². The van der Waals surface area contributed by atoms with Crippen molar-refractivity contribution < 1.29 is 13.2 Å². The zero-order valence-electron chi connectivity index (χ0n) is 10.5. The van der Waals surface area contributed by atoms with Gasteiger partial charge in [-0.25, -0.2) is 8.42 Å². The van der Waals surface area contributed by atoms with E-state index in [-0.39, 0.29) is 21.7 Å². The van der Waals surface area contributed by atoms with Crippen LogP contribution in [0.1, 0.15) is 25.5 Å². The molecule has 0 saturated carbocycles. The summed E-state index contributed by atoms with van der Waals surface area (Å²) in [6, 6.07) is 6.35. The second kappa shape index (κ2) is 5.84. The van der Waals surface area contributed by atoms with E-state index in [1.165, 1.54) is 6.26 Å². The van der Waals surface area contributed by atoms with Crippen LogP contribution in [-0.4, -0.2) is 25.4 Å². The Balaban J connectivity index is 2.83. The van der Waals surface area contributed by atoms with E-state index < -0.39 is 9.84 Å². The van der Waals surface area contributed by atoms with Crippen LogP contribution in [-0.2, 0) is 14.6 Å². The highest BCUT2D eigenvalue weighted by molar-refractivity contribution is 9.10. The number of carbonyl (C=O) groups excluding carboxylic acids is 1. The Morgan fingerprint density at radius 3 is 2.11 bits per heavy atom. The molecule has 1 rings (SSSR count). The topological polar surface area (TPSA) is 63.2 Å². The van der Waals surface area contributed by atoms with Crippen molar-refractivity contribution in [3.05, 3.63) is 29.8 Å². The minimum absolute atomic E-state index is 0.102. The molecule has 2 unspecified atom stereocenters. The monoisotopic (exact) mass is 333 g/mol. The number of sulfone groups is 1. The maximum absolute atomic E-state index is 11.5. The summed E-state index contributed by atoms with van der Waals surface area (Å²) in [4.78, 5) is 11.5. The van der Waals surface area contributed by atoms with E-state index in [0.29, 0.717) is 0 Å². The molecule has 1 N–H and O–H groups in total. The zero-order chi connectivity index (χ0) is 13.9. The van der Waals surface area contributed by atoms with Crippen molar-refractivity contribution in [3.8, 4) is 0 Å². The third-order valence-electron chi connectivity index (χ3n) is 2.53. The summed E-state index contributed by atoms with van der Waals surface area (Å²) in [5.74, 6) is -0.102.